The Morgan fingerprint density at radius 1 is 0.944 bits per heavy atom. The minimum absolute atomic E-state index is 0.462. The Balaban J connectivity index is 1.91. The summed E-state index contributed by atoms with van der Waals surface area (Å²) in [5.41, 5.74) is 1.45. The molecule has 18 heavy (non-hydrogen) atoms. The van der Waals surface area contributed by atoms with Gasteiger partial charge in [0.2, 0.25) is 0 Å². The van der Waals surface area contributed by atoms with E-state index in [-0.39, 0.29) is 0 Å². The molecule has 93 valence electrons. The first-order chi connectivity index (χ1) is 8.88. The maximum absolute atomic E-state index is 5.45. The summed E-state index contributed by atoms with van der Waals surface area (Å²) in [4.78, 5) is 0. The molecule has 0 bridgehead atoms. The van der Waals surface area contributed by atoms with E-state index in [9.17, 15) is 0 Å². The normalized spacial score (nSPS) is 18.3. The van der Waals surface area contributed by atoms with Gasteiger partial charge in [-0.05, 0) is 42.0 Å². The molecule has 0 unspecified atom stereocenters. The van der Waals surface area contributed by atoms with Gasteiger partial charge in [0.15, 0.2) is 0 Å². The van der Waals surface area contributed by atoms with Crippen molar-refractivity contribution < 1.29 is 4.74 Å². The minimum Gasteiger partial charge on any atom is -0.381 e. The van der Waals surface area contributed by atoms with Crippen LogP contribution in [0.4, 0.5) is 0 Å². The first-order valence-corrected chi connectivity index (χ1v) is 6.74. The fraction of sp³-hybridized carbons (Fsp3) is 0.353. The average Bonchev–Trinajstić information content (AvgIpc) is 2.47. The molecule has 3 rings (SSSR count). The van der Waals surface area contributed by atoms with Crippen LogP contribution in [0.5, 0.6) is 0 Å². The van der Waals surface area contributed by atoms with E-state index >= 15 is 0 Å². The molecule has 2 aromatic carbocycles. The van der Waals surface area contributed by atoms with Crippen molar-refractivity contribution in [1.82, 2.24) is 0 Å². The Labute approximate surface area is 109 Å². The van der Waals surface area contributed by atoms with E-state index in [0.29, 0.717) is 6.10 Å². The number of hydrogen-bond acceptors (Lipinski definition) is 1. The van der Waals surface area contributed by atoms with Crippen molar-refractivity contribution in [3.05, 3.63) is 53.9 Å². The first-order valence-electron chi connectivity index (χ1n) is 6.74. The quantitative estimate of drug-likeness (QED) is 0.757. The van der Waals surface area contributed by atoms with Gasteiger partial charge in [-0.3, -0.25) is 0 Å². The second-order valence-electron chi connectivity index (χ2n) is 5.07. The van der Waals surface area contributed by atoms with Gasteiger partial charge < -0.3 is 4.74 Å². The highest BCUT2D eigenvalue weighted by Crippen LogP contribution is 2.36. The average molecular weight is 239 g/mol. The molecule has 1 radical (unpaired) electrons. The van der Waals surface area contributed by atoms with E-state index in [1.54, 1.807) is 5.92 Å². The molecule has 1 heteroatoms. The van der Waals surface area contributed by atoms with Gasteiger partial charge in [-0.2, -0.15) is 0 Å². The zero-order valence-corrected chi connectivity index (χ0v) is 10.9. The van der Waals surface area contributed by atoms with Crippen LogP contribution in [0.25, 0.3) is 10.8 Å². The van der Waals surface area contributed by atoms with Crippen molar-refractivity contribution >= 4 is 10.8 Å². The molecule has 0 N–H and O–H groups in total. The van der Waals surface area contributed by atoms with Crippen LogP contribution in [0.3, 0.4) is 0 Å². The lowest BCUT2D eigenvalue weighted by molar-refractivity contribution is 0.0764. The fourth-order valence-corrected chi connectivity index (χ4v) is 2.98. The van der Waals surface area contributed by atoms with Crippen molar-refractivity contribution in [3.63, 3.8) is 0 Å². The smallest absolute Gasteiger partial charge is 0.0572 e. The molecule has 0 heterocycles. The van der Waals surface area contributed by atoms with Crippen LogP contribution in [0.2, 0.25) is 0 Å². The molecule has 1 nitrogen and oxygen atoms in total. The van der Waals surface area contributed by atoms with Gasteiger partial charge >= 0.3 is 0 Å². The van der Waals surface area contributed by atoms with Crippen LogP contribution in [0.1, 0.15) is 31.2 Å². The van der Waals surface area contributed by atoms with Crippen molar-refractivity contribution in [2.24, 2.45) is 0 Å². The SMILES string of the molecule is COC1CC[C](c2cccc3ccccc23)CC1. The van der Waals surface area contributed by atoms with Crippen molar-refractivity contribution in [1.29, 1.82) is 0 Å². The molecular weight excluding hydrogens is 220 g/mol. The maximum Gasteiger partial charge on any atom is 0.0572 e. The summed E-state index contributed by atoms with van der Waals surface area (Å²) in [7, 11) is 1.83. The van der Waals surface area contributed by atoms with Crippen LogP contribution in [-0.4, -0.2) is 13.2 Å². The molecule has 0 atom stereocenters. The molecule has 0 saturated heterocycles. The number of methoxy groups -OCH3 is 1. The molecule has 0 aliphatic heterocycles. The van der Waals surface area contributed by atoms with Gasteiger partial charge in [0.05, 0.1) is 6.10 Å². The van der Waals surface area contributed by atoms with Crippen molar-refractivity contribution in [3.8, 4) is 0 Å². The molecule has 2 aromatic rings. The lowest BCUT2D eigenvalue weighted by atomic mass is 9.81. The summed E-state index contributed by atoms with van der Waals surface area (Å²) < 4.78 is 5.45. The number of ether oxygens (including phenoxy) is 1. The minimum atomic E-state index is 0.462. The van der Waals surface area contributed by atoms with Crippen LogP contribution in [0.15, 0.2) is 42.5 Å². The van der Waals surface area contributed by atoms with Crippen LogP contribution >= 0.6 is 0 Å². The number of hydrogen-bond donors (Lipinski definition) is 0. The highest BCUT2D eigenvalue weighted by Gasteiger charge is 2.23. The van der Waals surface area contributed by atoms with Crippen molar-refractivity contribution in [2.45, 2.75) is 31.8 Å². The summed E-state index contributed by atoms with van der Waals surface area (Å²) in [5.74, 6) is 1.60. The summed E-state index contributed by atoms with van der Waals surface area (Å²) in [5, 5.41) is 2.74. The number of benzene rings is 2. The topological polar surface area (TPSA) is 9.23 Å². The lowest BCUT2D eigenvalue weighted by Crippen LogP contribution is -2.19. The molecule has 1 aliphatic rings. The van der Waals surface area contributed by atoms with E-state index in [4.69, 9.17) is 4.74 Å². The Kier molecular flexibility index (Phi) is 3.33. The number of rotatable bonds is 2. The fourth-order valence-electron chi connectivity index (χ4n) is 2.98. The molecule has 0 amide bonds. The van der Waals surface area contributed by atoms with Gasteiger partial charge in [0.25, 0.3) is 0 Å². The Hall–Kier alpha value is -1.34. The number of fused-ring (bicyclic) bond motifs is 1. The van der Waals surface area contributed by atoms with E-state index in [2.05, 4.69) is 42.5 Å². The Morgan fingerprint density at radius 2 is 1.67 bits per heavy atom. The van der Waals surface area contributed by atoms with E-state index in [1.165, 1.54) is 29.2 Å². The Morgan fingerprint density at radius 3 is 2.44 bits per heavy atom. The van der Waals surface area contributed by atoms with E-state index in [0.717, 1.165) is 12.8 Å². The standard InChI is InChI=1S/C17H19O/c1-18-15-11-9-14(10-12-15)17-8-4-6-13-5-2-3-7-16(13)17/h2-8,15H,9-12H2,1H3. The Bertz CT molecular complexity index is 519. The highest BCUT2D eigenvalue weighted by atomic mass is 16.5. The second kappa shape index (κ2) is 5.11. The van der Waals surface area contributed by atoms with Gasteiger partial charge in [0.1, 0.15) is 0 Å². The zero-order valence-electron chi connectivity index (χ0n) is 10.9. The van der Waals surface area contributed by atoms with E-state index < -0.39 is 0 Å². The maximum atomic E-state index is 5.45. The molecule has 1 fully saturated rings. The third-order valence-electron chi connectivity index (χ3n) is 4.04. The van der Waals surface area contributed by atoms with Crippen LogP contribution in [-0.2, 0) is 4.74 Å². The summed E-state index contributed by atoms with van der Waals surface area (Å²) in [6, 6.07) is 15.3. The molecular formula is C17H19O. The highest BCUT2D eigenvalue weighted by molar-refractivity contribution is 5.87. The van der Waals surface area contributed by atoms with E-state index in [1.807, 2.05) is 7.11 Å². The first kappa shape index (κ1) is 11.7. The van der Waals surface area contributed by atoms with Gasteiger partial charge in [-0.15, -0.1) is 0 Å². The van der Waals surface area contributed by atoms with Gasteiger partial charge in [0, 0.05) is 13.0 Å². The third kappa shape index (κ3) is 2.15. The largest absolute Gasteiger partial charge is 0.381 e. The van der Waals surface area contributed by atoms with Crippen molar-refractivity contribution in [2.75, 3.05) is 7.11 Å². The zero-order chi connectivity index (χ0) is 12.4. The van der Waals surface area contributed by atoms with Gasteiger partial charge in [-0.25, -0.2) is 0 Å². The summed E-state index contributed by atoms with van der Waals surface area (Å²) in [6.07, 6.45) is 5.13. The predicted molar refractivity (Wildman–Crippen MR) is 75.6 cm³/mol. The van der Waals surface area contributed by atoms with Crippen LogP contribution < -0.4 is 0 Å². The third-order valence-corrected chi connectivity index (χ3v) is 4.04. The summed E-state index contributed by atoms with van der Waals surface area (Å²) >= 11 is 0. The molecule has 0 aromatic heterocycles. The monoisotopic (exact) mass is 239 g/mol. The lowest BCUT2D eigenvalue weighted by Gasteiger charge is -2.28. The molecule has 1 aliphatic carbocycles. The molecule has 0 spiro atoms. The second-order valence-corrected chi connectivity index (χ2v) is 5.07. The predicted octanol–water partition coefficient (Wildman–Crippen LogP) is 4.35. The molecule has 1 saturated carbocycles. The van der Waals surface area contributed by atoms with Gasteiger partial charge in [-0.1, -0.05) is 42.5 Å². The summed E-state index contributed by atoms with van der Waals surface area (Å²) in [6.45, 7) is 0. The van der Waals surface area contributed by atoms with Crippen LogP contribution in [0, 0.1) is 5.92 Å².